The lowest BCUT2D eigenvalue weighted by Gasteiger charge is -2.21. The van der Waals surface area contributed by atoms with E-state index in [2.05, 4.69) is 4.98 Å². The summed E-state index contributed by atoms with van der Waals surface area (Å²) in [5.74, 6) is 0.825. The quantitative estimate of drug-likeness (QED) is 0.824. The number of amides is 1. The van der Waals surface area contributed by atoms with Crippen LogP contribution < -0.4 is 10.5 Å². The number of carbonyl (C=O) groups is 1. The number of ether oxygens (including phenoxy) is 1. The Bertz CT molecular complexity index is 411. The maximum atomic E-state index is 10.9. The molecule has 1 fully saturated rings. The maximum absolute atomic E-state index is 10.9. The van der Waals surface area contributed by atoms with Crippen LogP contribution in [-0.2, 0) is 0 Å². The monoisotopic (exact) mass is 237 g/mol. The van der Waals surface area contributed by atoms with Crippen molar-refractivity contribution in [3.8, 4) is 5.88 Å². The van der Waals surface area contributed by atoms with Gasteiger partial charge in [0, 0.05) is 12.6 Å². The van der Waals surface area contributed by atoms with Gasteiger partial charge in [0.2, 0.25) is 5.88 Å². The van der Waals surface area contributed by atoms with Gasteiger partial charge >= 0.3 is 6.09 Å². The number of pyridine rings is 1. The van der Waals surface area contributed by atoms with E-state index >= 15 is 0 Å². The fourth-order valence-electron chi connectivity index (χ4n) is 1.95. The van der Waals surface area contributed by atoms with Gasteiger partial charge in [-0.1, -0.05) is 6.07 Å². The Morgan fingerprint density at radius 2 is 2.47 bits per heavy atom. The molecule has 0 saturated carbocycles. The van der Waals surface area contributed by atoms with Crippen LogP contribution in [0.1, 0.15) is 12.8 Å². The van der Waals surface area contributed by atoms with Crippen LogP contribution in [0.2, 0.25) is 0 Å². The van der Waals surface area contributed by atoms with E-state index in [4.69, 9.17) is 15.6 Å². The van der Waals surface area contributed by atoms with Gasteiger partial charge in [-0.05, 0) is 18.9 Å². The molecule has 1 atom stereocenters. The molecule has 6 heteroatoms. The van der Waals surface area contributed by atoms with E-state index in [0.29, 0.717) is 24.8 Å². The number of anilines is 1. The number of hydrogen-bond donors (Lipinski definition) is 2. The van der Waals surface area contributed by atoms with Gasteiger partial charge in [0.15, 0.2) is 0 Å². The van der Waals surface area contributed by atoms with Crippen molar-refractivity contribution in [2.75, 3.05) is 18.9 Å². The molecule has 6 nitrogen and oxygen atoms in total. The zero-order valence-corrected chi connectivity index (χ0v) is 9.37. The molecule has 2 heterocycles. The Hall–Kier alpha value is -1.98. The van der Waals surface area contributed by atoms with Gasteiger partial charge in [0.25, 0.3) is 0 Å². The van der Waals surface area contributed by atoms with Crippen molar-refractivity contribution in [2.24, 2.45) is 0 Å². The molecule has 1 amide bonds. The number of rotatable bonds is 3. The molecule has 0 bridgehead atoms. The molecule has 1 aromatic heterocycles. The Kier molecular flexibility index (Phi) is 3.32. The van der Waals surface area contributed by atoms with Gasteiger partial charge in [-0.15, -0.1) is 0 Å². The minimum absolute atomic E-state index is 0.0873. The van der Waals surface area contributed by atoms with Gasteiger partial charge < -0.3 is 20.5 Å². The van der Waals surface area contributed by atoms with Crippen molar-refractivity contribution in [2.45, 2.75) is 18.9 Å². The lowest BCUT2D eigenvalue weighted by molar-refractivity contribution is 0.122. The van der Waals surface area contributed by atoms with E-state index in [1.165, 1.54) is 4.90 Å². The zero-order valence-electron chi connectivity index (χ0n) is 9.37. The van der Waals surface area contributed by atoms with Crippen molar-refractivity contribution in [1.82, 2.24) is 9.88 Å². The van der Waals surface area contributed by atoms with Gasteiger partial charge in [-0.2, -0.15) is 4.98 Å². The molecular formula is C11H15N3O3. The second-order valence-corrected chi connectivity index (χ2v) is 3.98. The summed E-state index contributed by atoms with van der Waals surface area (Å²) in [5, 5.41) is 8.96. The molecule has 1 unspecified atom stereocenters. The Morgan fingerprint density at radius 3 is 3.18 bits per heavy atom. The summed E-state index contributed by atoms with van der Waals surface area (Å²) in [6.07, 6.45) is 0.816. The third kappa shape index (κ3) is 2.77. The standard InChI is InChI=1S/C11H15N3O3/c12-9-4-1-5-10(13-9)17-7-8-3-2-6-14(8)11(15)16/h1,4-5,8H,2-3,6-7H2,(H2,12,13)(H,15,16). The number of carboxylic acid groups (broad SMARTS) is 1. The van der Waals surface area contributed by atoms with E-state index in [0.717, 1.165) is 12.8 Å². The van der Waals surface area contributed by atoms with Crippen LogP contribution in [0.4, 0.5) is 10.6 Å². The van der Waals surface area contributed by atoms with Gasteiger partial charge in [0.1, 0.15) is 12.4 Å². The third-order valence-corrected chi connectivity index (χ3v) is 2.79. The van der Waals surface area contributed by atoms with Crippen molar-refractivity contribution >= 4 is 11.9 Å². The second kappa shape index (κ2) is 4.90. The molecular weight excluding hydrogens is 222 g/mol. The summed E-state index contributed by atoms with van der Waals surface area (Å²) in [4.78, 5) is 16.3. The number of likely N-dealkylation sites (tertiary alicyclic amines) is 1. The highest BCUT2D eigenvalue weighted by molar-refractivity contribution is 5.65. The highest BCUT2D eigenvalue weighted by Crippen LogP contribution is 2.18. The first-order chi connectivity index (χ1) is 8.16. The summed E-state index contributed by atoms with van der Waals surface area (Å²) < 4.78 is 5.46. The molecule has 17 heavy (non-hydrogen) atoms. The number of aromatic nitrogens is 1. The Labute approximate surface area is 99.0 Å². The van der Waals surface area contributed by atoms with Crippen LogP contribution in [-0.4, -0.2) is 40.3 Å². The predicted molar refractivity (Wildman–Crippen MR) is 61.9 cm³/mol. The lowest BCUT2D eigenvalue weighted by Crippen LogP contribution is -2.38. The molecule has 1 aliphatic rings. The number of nitrogens with two attached hydrogens (primary N) is 1. The first-order valence-electron chi connectivity index (χ1n) is 5.51. The van der Waals surface area contributed by atoms with Crippen LogP contribution in [0.3, 0.4) is 0 Å². The first-order valence-corrected chi connectivity index (χ1v) is 5.51. The lowest BCUT2D eigenvalue weighted by atomic mass is 10.2. The minimum Gasteiger partial charge on any atom is -0.475 e. The van der Waals surface area contributed by atoms with E-state index < -0.39 is 6.09 Å². The average molecular weight is 237 g/mol. The van der Waals surface area contributed by atoms with Crippen LogP contribution >= 0.6 is 0 Å². The van der Waals surface area contributed by atoms with E-state index in [1.807, 2.05) is 0 Å². The van der Waals surface area contributed by atoms with E-state index in [-0.39, 0.29) is 6.04 Å². The highest BCUT2D eigenvalue weighted by atomic mass is 16.5. The fourth-order valence-corrected chi connectivity index (χ4v) is 1.95. The molecule has 3 N–H and O–H groups in total. The van der Waals surface area contributed by atoms with Crippen LogP contribution in [0.5, 0.6) is 5.88 Å². The van der Waals surface area contributed by atoms with Crippen molar-refractivity contribution in [3.63, 3.8) is 0 Å². The molecule has 92 valence electrons. The highest BCUT2D eigenvalue weighted by Gasteiger charge is 2.28. The van der Waals surface area contributed by atoms with Crippen molar-refractivity contribution in [1.29, 1.82) is 0 Å². The third-order valence-electron chi connectivity index (χ3n) is 2.79. The molecule has 1 aromatic rings. The van der Waals surface area contributed by atoms with Crippen LogP contribution in [0, 0.1) is 0 Å². The Balaban J connectivity index is 1.91. The molecule has 1 aliphatic heterocycles. The van der Waals surface area contributed by atoms with E-state index in [9.17, 15) is 4.79 Å². The average Bonchev–Trinajstić information content (AvgIpc) is 2.74. The van der Waals surface area contributed by atoms with E-state index in [1.54, 1.807) is 18.2 Å². The summed E-state index contributed by atoms with van der Waals surface area (Å²) in [7, 11) is 0. The summed E-state index contributed by atoms with van der Waals surface area (Å²) in [5.41, 5.74) is 5.52. The Morgan fingerprint density at radius 1 is 1.65 bits per heavy atom. The topological polar surface area (TPSA) is 88.7 Å². The molecule has 1 saturated heterocycles. The number of nitrogens with zero attached hydrogens (tertiary/aromatic N) is 2. The zero-order chi connectivity index (χ0) is 12.3. The summed E-state index contributed by atoms with van der Waals surface area (Å²) >= 11 is 0. The first kappa shape index (κ1) is 11.5. The molecule has 0 aliphatic carbocycles. The smallest absolute Gasteiger partial charge is 0.407 e. The number of nitrogen functional groups attached to an aromatic ring is 1. The van der Waals surface area contributed by atoms with Gasteiger partial charge in [-0.3, -0.25) is 0 Å². The molecule has 0 aromatic carbocycles. The van der Waals surface area contributed by atoms with Crippen LogP contribution in [0.15, 0.2) is 18.2 Å². The minimum atomic E-state index is -0.892. The largest absolute Gasteiger partial charge is 0.475 e. The maximum Gasteiger partial charge on any atom is 0.407 e. The summed E-state index contributed by atoms with van der Waals surface area (Å²) in [6, 6.07) is 5.04. The SMILES string of the molecule is Nc1cccc(OCC2CCCN2C(=O)O)n1. The van der Waals surface area contributed by atoms with Gasteiger partial charge in [0.05, 0.1) is 6.04 Å². The number of hydrogen-bond acceptors (Lipinski definition) is 4. The van der Waals surface area contributed by atoms with Gasteiger partial charge in [-0.25, -0.2) is 4.79 Å². The molecule has 0 radical (unpaired) electrons. The summed E-state index contributed by atoms with van der Waals surface area (Å²) in [6.45, 7) is 0.899. The normalized spacial score (nSPS) is 19.3. The molecule has 0 spiro atoms. The molecule has 2 rings (SSSR count). The second-order valence-electron chi connectivity index (χ2n) is 3.98. The predicted octanol–water partition coefficient (Wildman–Crippen LogP) is 1.18. The fraction of sp³-hybridized carbons (Fsp3) is 0.455. The van der Waals surface area contributed by atoms with Crippen molar-refractivity contribution < 1.29 is 14.6 Å². The van der Waals surface area contributed by atoms with Crippen LogP contribution in [0.25, 0.3) is 0 Å². The van der Waals surface area contributed by atoms with Crippen molar-refractivity contribution in [3.05, 3.63) is 18.2 Å².